The Hall–Kier alpha value is -1.51. The highest BCUT2D eigenvalue weighted by molar-refractivity contribution is 6.31. The van der Waals surface area contributed by atoms with Crippen molar-refractivity contribution in [1.82, 2.24) is 0 Å². The van der Waals surface area contributed by atoms with Crippen LogP contribution < -0.4 is 10.6 Å². The third-order valence-corrected chi connectivity index (χ3v) is 4.35. The van der Waals surface area contributed by atoms with E-state index in [9.17, 15) is 0 Å². The van der Waals surface area contributed by atoms with Crippen LogP contribution in [0.5, 0.6) is 0 Å². The molecule has 2 aromatic rings. The average molecular weight is 303 g/mol. The van der Waals surface area contributed by atoms with Gasteiger partial charge in [-0.15, -0.1) is 0 Å². The molecular weight excluding hydrogens is 280 g/mol. The second kappa shape index (κ2) is 6.97. The summed E-state index contributed by atoms with van der Waals surface area (Å²) >= 11 is 6.28. The molecule has 2 aromatic carbocycles. The van der Waals surface area contributed by atoms with E-state index in [1.807, 2.05) is 13.0 Å². The molecular formula is C18H23ClN2. The maximum absolute atomic E-state index is 6.28. The molecule has 2 nitrogen and oxygen atoms in total. The normalized spacial score (nSPS) is 12.2. The van der Waals surface area contributed by atoms with E-state index >= 15 is 0 Å². The molecule has 0 aliphatic carbocycles. The number of hydrogen-bond acceptors (Lipinski definition) is 2. The summed E-state index contributed by atoms with van der Waals surface area (Å²) in [4.78, 5) is 2.34. The predicted molar refractivity (Wildman–Crippen MR) is 92.2 cm³/mol. The second-order valence-electron chi connectivity index (χ2n) is 5.33. The monoisotopic (exact) mass is 302 g/mol. The zero-order valence-electron chi connectivity index (χ0n) is 12.9. The number of likely N-dealkylation sites (N-methyl/N-ethyl adjacent to an activating group) is 1. The maximum atomic E-state index is 6.28. The van der Waals surface area contributed by atoms with Crippen LogP contribution in [0.3, 0.4) is 0 Å². The number of rotatable bonds is 5. The molecule has 0 heterocycles. The predicted octanol–water partition coefficient (Wildman–Crippen LogP) is 4.48. The molecule has 21 heavy (non-hydrogen) atoms. The standard InChI is InChI=1S/C18H23ClN2/c1-4-21(17-8-6-5-7-14(17)3)18(12-20)15-10-9-13(2)16(19)11-15/h5-11,18H,4,12,20H2,1-3H3. The molecule has 0 fully saturated rings. The molecule has 0 amide bonds. The van der Waals surface area contributed by atoms with E-state index in [0.29, 0.717) is 6.54 Å². The van der Waals surface area contributed by atoms with E-state index < -0.39 is 0 Å². The number of anilines is 1. The van der Waals surface area contributed by atoms with E-state index in [0.717, 1.165) is 17.1 Å². The Morgan fingerprint density at radius 1 is 1.10 bits per heavy atom. The number of benzene rings is 2. The summed E-state index contributed by atoms with van der Waals surface area (Å²) in [5, 5.41) is 0.798. The van der Waals surface area contributed by atoms with Crippen LogP contribution in [0.1, 0.15) is 29.7 Å². The van der Waals surface area contributed by atoms with Gasteiger partial charge in [-0.2, -0.15) is 0 Å². The first-order valence-electron chi connectivity index (χ1n) is 7.36. The molecule has 0 bridgehead atoms. The van der Waals surface area contributed by atoms with Gasteiger partial charge in [-0.1, -0.05) is 41.9 Å². The Bertz CT molecular complexity index is 610. The van der Waals surface area contributed by atoms with Crippen molar-refractivity contribution in [2.24, 2.45) is 5.73 Å². The number of hydrogen-bond donors (Lipinski definition) is 1. The summed E-state index contributed by atoms with van der Waals surface area (Å²) in [5.41, 5.74) is 10.8. The number of halogens is 1. The van der Waals surface area contributed by atoms with Gasteiger partial charge in [-0.3, -0.25) is 0 Å². The van der Waals surface area contributed by atoms with Crippen molar-refractivity contribution in [3.05, 3.63) is 64.2 Å². The summed E-state index contributed by atoms with van der Waals surface area (Å²) < 4.78 is 0. The molecule has 0 aromatic heterocycles. The Labute approximate surface area is 132 Å². The van der Waals surface area contributed by atoms with Crippen LogP contribution in [0.2, 0.25) is 5.02 Å². The van der Waals surface area contributed by atoms with Gasteiger partial charge in [0.15, 0.2) is 0 Å². The summed E-state index contributed by atoms with van der Waals surface area (Å²) in [6, 6.07) is 14.8. The zero-order valence-corrected chi connectivity index (χ0v) is 13.7. The fourth-order valence-electron chi connectivity index (χ4n) is 2.70. The Balaban J connectivity index is 2.42. The molecule has 0 spiro atoms. The van der Waals surface area contributed by atoms with Crippen LogP contribution in [-0.2, 0) is 0 Å². The summed E-state index contributed by atoms with van der Waals surface area (Å²) in [6.45, 7) is 7.76. The van der Waals surface area contributed by atoms with Gasteiger partial charge in [0.2, 0.25) is 0 Å². The van der Waals surface area contributed by atoms with Gasteiger partial charge in [-0.05, 0) is 49.6 Å². The van der Waals surface area contributed by atoms with Crippen molar-refractivity contribution in [3.8, 4) is 0 Å². The van der Waals surface area contributed by atoms with Crippen molar-refractivity contribution in [2.45, 2.75) is 26.8 Å². The van der Waals surface area contributed by atoms with Crippen LogP contribution in [0.15, 0.2) is 42.5 Å². The van der Waals surface area contributed by atoms with Gasteiger partial charge >= 0.3 is 0 Å². The summed E-state index contributed by atoms with van der Waals surface area (Å²) in [7, 11) is 0. The fourth-order valence-corrected chi connectivity index (χ4v) is 2.89. The average Bonchev–Trinajstić information content (AvgIpc) is 2.49. The van der Waals surface area contributed by atoms with E-state index in [4.69, 9.17) is 17.3 Å². The van der Waals surface area contributed by atoms with Crippen LogP contribution in [0, 0.1) is 13.8 Å². The minimum absolute atomic E-state index is 0.134. The van der Waals surface area contributed by atoms with Crippen molar-refractivity contribution >= 4 is 17.3 Å². The molecule has 2 N–H and O–H groups in total. The topological polar surface area (TPSA) is 29.3 Å². The van der Waals surface area contributed by atoms with Gasteiger partial charge < -0.3 is 10.6 Å². The number of nitrogens with zero attached hydrogens (tertiary/aromatic N) is 1. The largest absolute Gasteiger partial charge is 0.363 e. The van der Waals surface area contributed by atoms with Crippen molar-refractivity contribution in [1.29, 1.82) is 0 Å². The molecule has 112 valence electrons. The van der Waals surface area contributed by atoms with Gasteiger partial charge in [0.25, 0.3) is 0 Å². The highest BCUT2D eigenvalue weighted by atomic mass is 35.5. The number of para-hydroxylation sites is 1. The molecule has 0 radical (unpaired) electrons. The lowest BCUT2D eigenvalue weighted by Crippen LogP contribution is -2.34. The van der Waals surface area contributed by atoms with Crippen LogP contribution in [0.25, 0.3) is 0 Å². The molecule has 3 heteroatoms. The van der Waals surface area contributed by atoms with Gasteiger partial charge in [0.1, 0.15) is 0 Å². The van der Waals surface area contributed by atoms with Crippen LogP contribution in [0.4, 0.5) is 5.69 Å². The summed E-state index contributed by atoms with van der Waals surface area (Å²) in [6.07, 6.45) is 0. The molecule has 0 saturated heterocycles. The minimum atomic E-state index is 0.134. The lowest BCUT2D eigenvalue weighted by Gasteiger charge is -2.33. The molecule has 0 aliphatic rings. The first kappa shape index (κ1) is 15.9. The lowest BCUT2D eigenvalue weighted by molar-refractivity contribution is 0.642. The van der Waals surface area contributed by atoms with Crippen molar-refractivity contribution in [2.75, 3.05) is 18.0 Å². The molecule has 0 saturated carbocycles. The summed E-state index contributed by atoms with van der Waals surface area (Å²) in [5.74, 6) is 0. The minimum Gasteiger partial charge on any atom is -0.363 e. The smallest absolute Gasteiger partial charge is 0.0665 e. The highest BCUT2D eigenvalue weighted by Gasteiger charge is 2.20. The molecule has 0 aliphatic heterocycles. The molecule has 1 unspecified atom stereocenters. The Kier molecular flexibility index (Phi) is 5.27. The van der Waals surface area contributed by atoms with E-state index in [1.54, 1.807) is 0 Å². The first-order chi connectivity index (χ1) is 10.1. The molecule has 1 atom stereocenters. The van der Waals surface area contributed by atoms with Gasteiger partial charge in [0.05, 0.1) is 6.04 Å². The van der Waals surface area contributed by atoms with Gasteiger partial charge in [0, 0.05) is 23.8 Å². The van der Waals surface area contributed by atoms with Crippen LogP contribution in [-0.4, -0.2) is 13.1 Å². The third kappa shape index (κ3) is 3.39. The van der Waals surface area contributed by atoms with Crippen molar-refractivity contribution < 1.29 is 0 Å². The zero-order chi connectivity index (χ0) is 15.4. The maximum Gasteiger partial charge on any atom is 0.0665 e. The van der Waals surface area contributed by atoms with Gasteiger partial charge in [-0.25, -0.2) is 0 Å². The first-order valence-corrected chi connectivity index (χ1v) is 7.74. The number of aryl methyl sites for hydroxylation is 2. The van der Waals surface area contributed by atoms with E-state index in [2.05, 4.69) is 55.1 Å². The fraction of sp³-hybridized carbons (Fsp3) is 0.333. The Morgan fingerprint density at radius 3 is 2.38 bits per heavy atom. The SMILES string of the molecule is CCN(c1ccccc1C)C(CN)c1ccc(C)c(Cl)c1. The van der Waals surface area contributed by atoms with Crippen molar-refractivity contribution in [3.63, 3.8) is 0 Å². The number of nitrogens with two attached hydrogens (primary N) is 1. The lowest BCUT2D eigenvalue weighted by atomic mass is 10.0. The van der Waals surface area contributed by atoms with E-state index in [1.165, 1.54) is 16.8 Å². The molecule has 2 rings (SSSR count). The third-order valence-electron chi connectivity index (χ3n) is 3.95. The second-order valence-corrected chi connectivity index (χ2v) is 5.74. The highest BCUT2D eigenvalue weighted by Crippen LogP contribution is 2.30. The Morgan fingerprint density at radius 2 is 1.81 bits per heavy atom. The quantitative estimate of drug-likeness (QED) is 0.882. The van der Waals surface area contributed by atoms with E-state index in [-0.39, 0.29) is 6.04 Å². The van der Waals surface area contributed by atoms with Crippen LogP contribution >= 0.6 is 11.6 Å².